The Morgan fingerprint density at radius 1 is 1.10 bits per heavy atom. The number of hydrogen-bond donors (Lipinski definition) is 0. The summed E-state index contributed by atoms with van der Waals surface area (Å²) in [6, 6.07) is 9.04. The van der Waals surface area contributed by atoms with E-state index in [0.29, 0.717) is 5.38 Å². The van der Waals surface area contributed by atoms with E-state index >= 15 is 0 Å². The first kappa shape index (κ1) is 15.1. The third-order valence-electron chi connectivity index (χ3n) is 4.48. The number of alkyl halides is 1. The van der Waals surface area contributed by atoms with E-state index in [1.807, 2.05) is 0 Å². The average Bonchev–Trinajstić information content (AvgIpc) is 2.54. The SMILES string of the molecule is ClC1CCCN(CCc2ccc(N3CCOCC3)cc2)C1. The van der Waals surface area contributed by atoms with E-state index in [1.54, 1.807) is 0 Å². The largest absolute Gasteiger partial charge is 0.378 e. The van der Waals surface area contributed by atoms with Gasteiger partial charge >= 0.3 is 0 Å². The topological polar surface area (TPSA) is 15.7 Å². The fourth-order valence-corrected chi connectivity index (χ4v) is 3.53. The van der Waals surface area contributed by atoms with E-state index in [2.05, 4.69) is 34.1 Å². The number of hydrogen-bond acceptors (Lipinski definition) is 3. The maximum atomic E-state index is 6.24. The zero-order valence-corrected chi connectivity index (χ0v) is 13.4. The Labute approximate surface area is 132 Å². The quantitative estimate of drug-likeness (QED) is 0.796. The van der Waals surface area contributed by atoms with E-state index in [0.717, 1.165) is 45.8 Å². The minimum absolute atomic E-state index is 0.349. The van der Waals surface area contributed by atoms with Gasteiger partial charge in [-0.1, -0.05) is 12.1 Å². The van der Waals surface area contributed by atoms with Gasteiger partial charge in [-0.25, -0.2) is 0 Å². The van der Waals surface area contributed by atoms with Crippen LogP contribution in [0.1, 0.15) is 18.4 Å². The Kier molecular flexibility index (Phi) is 5.39. The first-order valence-corrected chi connectivity index (χ1v) is 8.53. The second kappa shape index (κ2) is 7.48. The number of rotatable bonds is 4. The number of anilines is 1. The molecule has 0 N–H and O–H groups in total. The van der Waals surface area contributed by atoms with E-state index in [-0.39, 0.29) is 0 Å². The van der Waals surface area contributed by atoms with Crippen molar-refractivity contribution in [3.63, 3.8) is 0 Å². The molecule has 0 spiro atoms. The number of piperidine rings is 1. The zero-order chi connectivity index (χ0) is 14.5. The summed E-state index contributed by atoms with van der Waals surface area (Å²) in [5.41, 5.74) is 2.74. The Bertz CT molecular complexity index is 431. The first-order chi connectivity index (χ1) is 10.3. The third-order valence-corrected chi connectivity index (χ3v) is 4.83. The zero-order valence-electron chi connectivity index (χ0n) is 12.6. The van der Waals surface area contributed by atoms with Gasteiger partial charge in [-0.05, 0) is 43.5 Å². The molecule has 0 saturated carbocycles. The highest BCUT2D eigenvalue weighted by Crippen LogP contribution is 2.18. The molecule has 1 unspecified atom stereocenters. The molecule has 3 rings (SSSR count). The minimum Gasteiger partial charge on any atom is -0.378 e. The van der Waals surface area contributed by atoms with E-state index in [1.165, 1.54) is 30.6 Å². The molecule has 0 amide bonds. The van der Waals surface area contributed by atoms with E-state index < -0.39 is 0 Å². The van der Waals surface area contributed by atoms with Gasteiger partial charge in [0.15, 0.2) is 0 Å². The lowest BCUT2D eigenvalue weighted by Crippen LogP contribution is -2.37. The fraction of sp³-hybridized carbons (Fsp3) is 0.647. The Hall–Kier alpha value is -0.770. The molecule has 0 aromatic heterocycles. The standard InChI is InChI=1S/C17H25ClN2O/c18-16-2-1-8-19(14-16)9-7-15-3-5-17(6-4-15)20-10-12-21-13-11-20/h3-6,16H,1-2,7-14H2. The molecule has 3 nitrogen and oxygen atoms in total. The molecule has 1 aromatic rings. The van der Waals surface area contributed by atoms with Crippen LogP contribution in [0, 0.1) is 0 Å². The highest BCUT2D eigenvalue weighted by Gasteiger charge is 2.17. The molecule has 0 bridgehead atoms. The molecule has 21 heavy (non-hydrogen) atoms. The number of halogens is 1. The first-order valence-electron chi connectivity index (χ1n) is 8.09. The summed E-state index contributed by atoms with van der Waals surface area (Å²) in [7, 11) is 0. The third kappa shape index (κ3) is 4.35. The lowest BCUT2D eigenvalue weighted by molar-refractivity contribution is 0.122. The summed E-state index contributed by atoms with van der Waals surface area (Å²) in [5, 5.41) is 0.349. The van der Waals surface area contributed by atoms with Gasteiger partial charge in [0.2, 0.25) is 0 Å². The Morgan fingerprint density at radius 2 is 1.86 bits per heavy atom. The molecule has 1 atom stereocenters. The van der Waals surface area contributed by atoms with Crippen LogP contribution in [0.3, 0.4) is 0 Å². The van der Waals surface area contributed by atoms with Crippen molar-refractivity contribution in [3.8, 4) is 0 Å². The Balaban J connectivity index is 1.49. The summed E-state index contributed by atoms with van der Waals surface area (Å²) in [6.45, 7) is 7.07. The van der Waals surface area contributed by atoms with Crippen molar-refractivity contribution in [3.05, 3.63) is 29.8 Å². The normalized spacial score (nSPS) is 24.2. The molecule has 0 aliphatic carbocycles. The maximum absolute atomic E-state index is 6.24. The summed E-state index contributed by atoms with van der Waals surface area (Å²) < 4.78 is 5.40. The predicted octanol–water partition coefficient (Wildman–Crippen LogP) is 2.77. The minimum atomic E-state index is 0.349. The predicted molar refractivity (Wildman–Crippen MR) is 88.5 cm³/mol. The number of likely N-dealkylation sites (tertiary alicyclic amines) is 1. The molecule has 2 fully saturated rings. The molecule has 0 radical (unpaired) electrons. The summed E-state index contributed by atoms with van der Waals surface area (Å²) in [4.78, 5) is 4.90. The number of morpholine rings is 1. The summed E-state index contributed by atoms with van der Waals surface area (Å²) in [5.74, 6) is 0. The molecule has 2 heterocycles. The molecule has 4 heteroatoms. The monoisotopic (exact) mass is 308 g/mol. The number of ether oxygens (including phenoxy) is 1. The number of nitrogens with zero attached hydrogens (tertiary/aromatic N) is 2. The molecular formula is C17H25ClN2O. The van der Waals surface area contributed by atoms with Gasteiger partial charge in [-0.15, -0.1) is 11.6 Å². The lowest BCUT2D eigenvalue weighted by atomic mass is 10.1. The smallest absolute Gasteiger partial charge is 0.0642 e. The van der Waals surface area contributed by atoms with Crippen LogP contribution in [0.4, 0.5) is 5.69 Å². The van der Waals surface area contributed by atoms with E-state index in [9.17, 15) is 0 Å². The van der Waals surface area contributed by atoms with Crippen molar-refractivity contribution in [2.24, 2.45) is 0 Å². The second-order valence-electron chi connectivity index (χ2n) is 6.06. The van der Waals surface area contributed by atoms with Crippen molar-refractivity contribution in [2.45, 2.75) is 24.6 Å². The van der Waals surface area contributed by atoms with Gasteiger partial charge in [0, 0.05) is 37.2 Å². The lowest BCUT2D eigenvalue weighted by Gasteiger charge is -2.30. The van der Waals surface area contributed by atoms with Crippen molar-refractivity contribution in [2.75, 3.05) is 50.8 Å². The molecular weight excluding hydrogens is 284 g/mol. The van der Waals surface area contributed by atoms with Crippen LogP contribution in [-0.4, -0.2) is 56.2 Å². The van der Waals surface area contributed by atoms with Crippen LogP contribution in [0.2, 0.25) is 0 Å². The van der Waals surface area contributed by atoms with E-state index in [4.69, 9.17) is 16.3 Å². The van der Waals surface area contributed by atoms with Crippen LogP contribution in [0.15, 0.2) is 24.3 Å². The highest BCUT2D eigenvalue weighted by molar-refractivity contribution is 6.20. The average molecular weight is 309 g/mol. The van der Waals surface area contributed by atoms with Crippen LogP contribution in [0.5, 0.6) is 0 Å². The van der Waals surface area contributed by atoms with Gasteiger partial charge in [-0.2, -0.15) is 0 Å². The Morgan fingerprint density at radius 3 is 2.57 bits per heavy atom. The summed E-state index contributed by atoms with van der Waals surface area (Å²) >= 11 is 6.24. The van der Waals surface area contributed by atoms with Gasteiger partial charge in [-0.3, -0.25) is 0 Å². The van der Waals surface area contributed by atoms with Crippen molar-refractivity contribution >= 4 is 17.3 Å². The number of benzene rings is 1. The molecule has 2 aliphatic rings. The van der Waals surface area contributed by atoms with Crippen molar-refractivity contribution in [1.82, 2.24) is 4.90 Å². The molecule has 2 saturated heterocycles. The highest BCUT2D eigenvalue weighted by atomic mass is 35.5. The van der Waals surface area contributed by atoms with Gasteiger partial charge in [0.05, 0.1) is 13.2 Å². The maximum Gasteiger partial charge on any atom is 0.0642 e. The van der Waals surface area contributed by atoms with Gasteiger partial charge < -0.3 is 14.5 Å². The van der Waals surface area contributed by atoms with Crippen molar-refractivity contribution < 1.29 is 4.74 Å². The fourth-order valence-electron chi connectivity index (χ4n) is 3.18. The van der Waals surface area contributed by atoms with Crippen LogP contribution < -0.4 is 4.90 Å². The van der Waals surface area contributed by atoms with Crippen LogP contribution >= 0.6 is 11.6 Å². The summed E-state index contributed by atoms with van der Waals surface area (Å²) in [6.07, 6.45) is 3.53. The van der Waals surface area contributed by atoms with Gasteiger partial charge in [0.1, 0.15) is 0 Å². The van der Waals surface area contributed by atoms with Crippen molar-refractivity contribution in [1.29, 1.82) is 0 Å². The van der Waals surface area contributed by atoms with Crippen LogP contribution in [0.25, 0.3) is 0 Å². The molecule has 2 aliphatic heterocycles. The van der Waals surface area contributed by atoms with Gasteiger partial charge in [0.25, 0.3) is 0 Å². The second-order valence-corrected chi connectivity index (χ2v) is 6.67. The molecule has 1 aromatic carbocycles. The van der Waals surface area contributed by atoms with Crippen LogP contribution in [-0.2, 0) is 11.2 Å². The molecule has 116 valence electrons.